The molecule has 0 bridgehead atoms. The van der Waals surface area contributed by atoms with Gasteiger partial charge in [-0.25, -0.2) is 8.42 Å². The Morgan fingerprint density at radius 1 is 1.36 bits per heavy atom. The Hall–Kier alpha value is -2.00. The predicted molar refractivity (Wildman–Crippen MR) is 83.2 cm³/mol. The van der Waals surface area contributed by atoms with Gasteiger partial charge in [0.05, 0.1) is 10.7 Å². The average Bonchev–Trinajstić information content (AvgIpc) is 3.05. The first-order chi connectivity index (χ1) is 10.5. The van der Waals surface area contributed by atoms with Gasteiger partial charge in [-0.3, -0.25) is 10.1 Å². The van der Waals surface area contributed by atoms with Gasteiger partial charge in [0.2, 0.25) is 6.79 Å². The largest absolute Gasteiger partial charge is 0.454 e. The summed E-state index contributed by atoms with van der Waals surface area (Å²) in [4.78, 5) is 12.2. The van der Waals surface area contributed by atoms with E-state index in [-0.39, 0.29) is 23.6 Å². The van der Waals surface area contributed by atoms with Gasteiger partial charge in [-0.15, -0.1) is 4.40 Å². The predicted octanol–water partition coefficient (Wildman–Crippen LogP) is 1.32. The molecule has 22 heavy (non-hydrogen) atoms. The smallest absolute Gasteiger partial charge is 0.264 e. The first-order valence-electron chi connectivity index (χ1n) is 6.40. The molecule has 0 aromatic heterocycles. The topological polar surface area (TPSA) is 94.1 Å². The van der Waals surface area contributed by atoms with Crippen molar-refractivity contribution in [2.45, 2.75) is 6.92 Å². The second-order valence-corrected chi connectivity index (χ2v) is 7.40. The molecule has 1 saturated heterocycles. The van der Waals surface area contributed by atoms with E-state index in [1.807, 2.05) is 0 Å². The number of hydrogen-bond acceptors (Lipinski definition) is 6. The zero-order chi connectivity index (χ0) is 15.7. The fraction of sp³-hybridized carbons (Fsp3) is 0.231. The summed E-state index contributed by atoms with van der Waals surface area (Å²) in [5, 5.41) is 2.51. The summed E-state index contributed by atoms with van der Waals surface area (Å²) in [6.45, 7) is 1.67. The van der Waals surface area contributed by atoms with Gasteiger partial charge in [-0.1, -0.05) is 6.07 Å². The number of nitrogens with zero attached hydrogens (tertiary/aromatic N) is 1. The van der Waals surface area contributed by atoms with Crippen molar-refractivity contribution in [1.29, 1.82) is 0 Å². The first kappa shape index (κ1) is 14.9. The third-order valence-electron chi connectivity index (χ3n) is 2.93. The fourth-order valence-electron chi connectivity index (χ4n) is 1.82. The van der Waals surface area contributed by atoms with E-state index in [0.717, 1.165) is 17.3 Å². The molecule has 3 rings (SSSR count). The molecule has 0 saturated carbocycles. The summed E-state index contributed by atoms with van der Waals surface area (Å²) >= 11 is 0.988. The normalized spacial score (nSPS) is 20.7. The third-order valence-corrected chi connectivity index (χ3v) is 5.15. The molecule has 1 amide bonds. The molecule has 0 atom stereocenters. The van der Waals surface area contributed by atoms with Gasteiger partial charge in [0, 0.05) is 0 Å². The molecule has 2 heterocycles. The SMILES string of the molecule is CCS(=O)(=O)/N=C1\NC(=O)/C(=C/c2ccc3c(c2)OCO3)S1. The number of amidine groups is 1. The highest BCUT2D eigenvalue weighted by atomic mass is 32.2. The molecule has 2 aliphatic rings. The Morgan fingerprint density at radius 2 is 2.14 bits per heavy atom. The van der Waals surface area contributed by atoms with E-state index in [0.29, 0.717) is 16.4 Å². The zero-order valence-electron chi connectivity index (χ0n) is 11.5. The number of carbonyl (C=O) groups is 1. The Labute approximate surface area is 131 Å². The Kier molecular flexibility index (Phi) is 3.83. The summed E-state index contributed by atoms with van der Waals surface area (Å²) in [5.41, 5.74) is 0.751. The molecular formula is C13H12N2O5S2. The van der Waals surface area contributed by atoms with E-state index in [2.05, 4.69) is 9.71 Å². The van der Waals surface area contributed by atoms with E-state index < -0.39 is 10.0 Å². The van der Waals surface area contributed by atoms with Gasteiger partial charge in [0.1, 0.15) is 0 Å². The van der Waals surface area contributed by atoms with Gasteiger partial charge in [0.15, 0.2) is 16.7 Å². The lowest BCUT2D eigenvalue weighted by atomic mass is 10.2. The van der Waals surface area contributed by atoms with Crippen LogP contribution in [0.2, 0.25) is 0 Å². The molecule has 9 heteroatoms. The van der Waals surface area contributed by atoms with Gasteiger partial charge in [-0.2, -0.15) is 0 Å². The molecule has 0 spiro atoms. The number of ether oxygens (including phenoxy) is 2. The number of rotatable bonds is 3. The lowest BCUT2D eigenvalue weighted by Gasteiger charge is -1.98. The van der Waals surface area contributed by atoms with Crippen LogP contribution in [0.15, 0.2) is 27.5 Å². The Balaban J connectivity index is 1.85. The molecule has 1 fully saturated rings. The Morgan fingerprint density at radius 3 is 2.91 bits per heavy atom. The second-order valence-electron chi connectivity index (χ2n) is 4.44. The molecule has 2 aliphatic heterocycles. The molecule has 116 valence electrons. The monoisotopic (exact) mass is 340 g/mol. The summed E-state index contributed by atoms with van der Waals surface area (Å²) in [6, 6.07) is 5.29. The minimum atomic E-state index is -3.54. The lowest BCUT2D eigenvalue weighted by molar-refractivity contribution is -0.115. The first-order valence-corrected chi connectivity index (χ1v) is 8.82. The summed E-state index contributed by atoms with van der Waals surface area (Å²) in [7, 11) is -3.54. The van der Waals surface area contributed by atoms with Crippen LogP contribution in [0.5, 0.6) is 11.5 Å². The minimum Gasteiger partial charge on any atom is -0.454 e. The number of sulfonamides is 1. The maximum absolute atomic E-state index is 11.9. The number of nitrogens with one attached hydrogen (secondary N) is 1. The number of fused-ring (bicyclic) bond motifs is 1. The highest BCUT2D eigenvalue weighted by molar-refractivity contribution is 8.19. The standard InChI is InChI=1S/C13H12N2O5S2/c1-2-22(17,18)15-13-14-12(16)11(21-13)6-8-3-4-9-10(5-8)20-7-19-9/h3-6H,2,7H2,1H3,(H,14,15,16)/b11-6-. The van der Waals surface area contributed by atoms with Crippen LogP contribution in [0.4, 0.5) is 0 Å². The van der Waals surface area contributed by atoms with Crippen molar-refractivity contribution in [2.24, 2.45) is 4.40 Å². The number of carbonyl (C=O) groups excluding carboxylic acids is 1. The lowest BCUT2D eigenvalue weighted by Crippen LogP contribution is -2.21. The highest BCUT2D eigenvalue weighted by Gasteiger charge is 2.25. The van der Waals surface area contributed by atoms with E-state index >= 15 is 0 Å². The summed E-state index contributed by atoms with van der Waals surface area (Å²) < 4.78 is 37.0. The number of hydrogen-bond donors (Lipinski definition) is 1. The maximum Gasteiger partial charge on any atom is 0.264 e. The molecule has 1 aromatic carbocycles. The maximum atomic E-state index is 11.9. The number of thioether (sulfide) groups is 1. The highest BCUT2D eigenvalue weighted by Crippen LogP contribution is 2.34. The van der Waals surface area contributed by atoms with Crippen molar-refractivity contribution in [3.05, 3.63) is 28.7 Å². The molecule has 1 aromatic rings. The van der Waals surface area contributed by atoms with Crippen molar-refractivity contribution >= 4 is 38.9 Å². The molecule has 1 N–H and O–H groups in total. The van der Waals surface area contributed by atoms with Crippen molar-refractivity contribution in [3.8, 4) is 11.5 Å². The molecular weight excluding hydrogens is 328 g/mol. The third kappa shape index (κ3) is 3.09. The van der Waals surface area contributed by atoms with Crippen molar-refractivity contribution in [2.75, 3.05) is 12.5 Å². The van der Waals surface area contributed by atoms with E-state index in [1.165, 1.54) is 6.92 Å². The molecule has 7 nitrogen and oxygen atoms in total. The van der Waals surface area contributed by atoms with Gasteiger partial charge < -0.3 is 9.47 Å². The number of benzene rings is 1. The van der Waals surface area contributed by atoms with E-state index in [1.54, 1.807) is 24.3 Å². The van der Waals surface area contributed by atoms with Crippen LogP contribution in [0, 0.1) is 0 Å². The number of amides is 1. The molecule has 0 aliphatic carbocycles. The second kappa shape index (κ2) is 5.65. The quantitative estimate of drug-likeness (QED) is 0.834. The van der Waals surface area contributed by atoms with Gasteiger partial charge >= 0.3 is 0 Å². The molecule has 0 unspecified atom stereocenters. The minimum absolute atomic E-state index is 0.0684. The van der Waals surface area contributed by atoms with Gasteiger partial charge in [-0.05, 0) is 42.5 Å². The van der Waals surface area contributed by atoms with Crippen molar-refractivity contribution in [3.63, 3.8) is 0 Å². The van der Waals surface area contributed by atoms with Crippen LogP contribution in [0.1, 0.15) is 12.5 Å². The van der Waals surface area contributed by atoms with Crippen LogP contribution in [-0.4, -0.2) is 32.0 Å². The van der Waals surface area contributed by atoms with Crippen molar-refractivity contribution < 1.29 is 22.7 Å². The van der Waals surface area contributed by atoms with Crippen LogP contribution in [0.3, 0.4) is 0 Å². The van der Waals surface area contributed by atoms with Crippen molar-refractivity contribution in [1.82, 2.24) is 5.32 Å². The van der Waals surface area contributed by atoms with E-state index in [4.69, 9.17) is 9.47 Å². The van der Waals surface area contributed by atoms with Gasteiger partial charge in [0.25, 0.3) is 15.9 Å². The summed E-state index contributed by atoms with van der Waals surface area (Å²) in [5.74, 6) is 0.767. The molecule has 0 radical (unpaired) electrons. The van der Waals surface area contributed by atoms with Crippen LogP contribution < -0.4 is 14.8 Å². The zero-order valence-corrected chi connectivity index (χ0v) is 13.2. The van der Waals surface area contributed by atoms with Crippen LogP contribution >= 0.6 is 11.8 Å². The Bertz CT molecular complexity index is 799. The fourth-order valence-corrected chi connectivity index (χ4v) is 3.42. The van der Waals surface area contributed by atoms with E-state index in [9.17, 15) is 13.2 Å². The van der Waals surface area contributed by atoms with Crippen LogP contribution in [0.25, 0.3) is 6.08 Å². The van der Waals surface area contributed by atoms with Crippen LogP contribution in [-0.2, 0) is 14.8 Å². The summed E-state index contributed by atoms with van der Waals surface area (Å²) in [6.07, 6.45) is 1.64. The average molecular weight is 340 g/mol.